The van der Waals surface area contributed by atoms with Gasteiger partial charge in [0.2, 0.25) is 0 Å². The number of carbonyl (C=O) groups is 1. The number of carboxylic acids is 1. The Morgan fingerprint density at radius 3 is 2.60 bits per heavy atom. The molecule has 25 heavy (non-hydrogen) atoms. The minimum absolute atomic E-state index is 0.256. The highest BCUT2D eigenvalue weighted by molar-refractivity contribution is 5.88. The maximum absolute atomic E-state index is 10.8. The first-order chi connectivity index (χ1) is 12.1. The summed E-state index contributed by atoms with van der Waals surface area (Å²) in [5.41, 5.74) is 4.48. The molecular formula is C21H18N2O2. The molecule has 1 aliphatic rings. The van der Waals surface area contributed by atoms with Gasteiger partial charge in [0.25, 0.3) is 0 Å². The van der Waals surface area contributed by atoms with Crippen molar-refractivity contribution in [3.63, 3.8) is 0 Å². The van der Waals surface area contributed by atoms with Gasteiger partial charge in [0.15, 0.2) is 0 Å². The van der Waals surface area contributed by atoms with Crippen molar-refractivity contribution in [1.82, 2.24) is 0 Å². The number of anilines is 1. The summed E-state index contributed by atoms with van der Waals surface area (Å²) in [6.45, 7) is 0. The van der Waals surface area contributed by atoms with Crippen molar-refractivity contribution in [3.05, 3.63) is 90.2 Å². The predicted molar refractivity (Wildman–Crippen MR) is 103 cm³/mol. The smallest absolute Gasteiger partial charge is 0.335 e. The first kappa shape index (κ1) is 16.5. The summed E-state index contributed by atoms with van der Waals surface area (Å²) < 4.78 is 0. The van der Waals surface area contributed by atoms with Crippen LogP contribution < -0.4 is 4.90 Å². The summed E-state index contributed by atoms with van der Waals surface area (Å²) in [5, 5.41) is 8.87. The average Bonchev–Trinajstić information content (AvgIpc) is 2.64. The number of fused-ring (bicyclic) bond motifs is 1. The third kappa shape index (κ3) is 3.93. The van der Waals surface area contributed by atoms with Crippen LogP contribution in [0.5, 0.6) is 0 Å². The number of nitrogens with zero attached hydrogens (tertiary/aromatic N) is 2. The number of aromatic carboxylic acids is 1. The SMILES string of the molecule is CN1C=CC(=CC=CC=Nc2ccc(C(=O)O)cc2)c2ccccc21. The van der Waals surface area contributed by atoms with E-state index in [0.717, 1.165) is 5.57 Å². The summed E-state index contributed by atoms with van der Waals surface area (Å²) in [4.78, 5) is 17.2. The molecular weight excluding hydrogens is 312 g/mol. The van der Waals surface area contributed by atoms with Gasteiger partial charge in [-0.05, 0) is 48.1 Å². The highest BCUT2D eigenvalue weighted by atomic mass is 16.4. The molecule has 0 aliphatic carbocycles. The quantitative estimate of drug-likeness (QED) is 0.827. The van der Waals surface area contributed by atoms with Gasteiger partial charge in [0.05, 0.1) is 11.3 Å². The molecule has 0 fully saturated rings. The van der Waals surface area contributed by atoms with E-state index >= 15 is 0 Å². The molecule has 2 aromatic rings. The van der Waals surface area contributed by atoms with Gasteiger partial charge < -0.3 is 10.0 Å². The van der Waals surface area contributed by atoms with Crippen LogP contribution in [0.4, 0.5) is 11.4 Å². The minimum Gasteiger partial charge on any atom is -0.478 e. The average molecular weight is 330 g/mol. The Hall–Kier alpha value is -3.40. The number of carboxylic acid groups (broad SMARTS) is 1. The zero-order valence-corrected chi connectivity index (χ0v) is 13.8. The number of hydrogen-bond donors (Lipinski definition) is 1. The number of benzene rings is 2. The summed E-state index contributed by atoms with van der Waals surface area (Å²) in [6, 6.07) is 14.7. The van der Waals surface area contributed by atoms with E-state index in [1.54, 1.807) is 30.5 Å². The van der Waals surface area contributed by atoms with Crippen LogP contribution in [0.25, 0.3) is 5.57 Å². The largest absolute Gasteiger partial charge is 0.478 e. The van der Waals surface area contributed by atoms with E-state index in [4.69, 9.17) is 5.11 Å². The van der Waals surface area contributed by atoms with Gasteiger partial charge in [-0.3, -0.25) is 4.99 Å². The second-order valence-corrected chi connectivity index (χ2v) is 5.58. The molecule has 0 radical (unpaired) electrons. The van der Waals surface area contributed by atoms with Crippen LogP contribution in [0.1, 0.15) is 15.9 Å². The molecule has 4 nitrogen and oxygen atoms in total. The molecule has 4 heteroatoms. The Labute approximate surface area is 146 Å². The fraction of sp³-hybridized carbons (Fsp3) is 0.0476. The lowest BCUT2D eigenvalue weighted by molar-refractivity contribution is 0.0697. The van der Waals surface area contributed by atoms with E-state index in [0.29, 0.717) is 5.69 Å². The van der Waals surface area contributed by atoms with E-state index in [1.807, 2.05) is 43.6 Å². The zero-order chi connectivity index (χ0) is 17.6. The molecule has 124 valence electrons. The van der Waals surface area contributed by atoms with Gasteiger partial charge in [0, 0.05) is 30.7 Å². The van der Waals surface area contributed by atoms with Crippen LogP contribution in [0.15, 0.2) is 84.0 Å². The first-order valence-electron chi connectivity index (χ1n) is 7.90. The second kappa shape index (κ2) is 7.45. The van der Waals surface area contributed by atoms with E-state index < -0.39 is 5.97 Å². The molecule has 0 saturated heterocycles. The maximum atomic E-state index is 10.8. The number of aliphatic imine (C=N–C) groups is 1. The van der Waals surface area contributed by atoms with Crippen molar-refractivity contribution >= 4 is 29.1 Å². The Bertz CT molecular complexity index is 890. The number of hydrogen-bond acceptors (Lipinski definition) is 3. The lowest BCUT2D eigenvalue weighted by Gasteiger charge is -2.23. The van der Waals surface area contributed by atoms with Gasteiger partial charge in [-0.15, -0.1) is 0 Å². The number of allylic oxidation sites excluding steroid dienone is 5. The van der Waals surface area contributed by atoms with Gasteiger partial charge in [0.1, 0.15) is 0 Å². The van der Waals surface area contributed by atoms with Crippen molar-refractivity contribution in [1.29, 1.82) is 0 Å². The standard InChI is InChI=1S/C21H18N2O2/c1-23-15-13-16(19-7-2-3-8-20(19)23)6-4-5-14-22-18-11-9-17(10-12-18)21(24)25/h2-15H,1H3,(H,24,25). The molecule has 0 saturated carbocycles. The molecule has 0 spiro atoms. The minimum atomic E-state index is -0.937. The second-order valence-electron chi connectivity index (χ2n) is 5.58. The van der Waals surface area contributed by atoms with Gasteiger partial charge in [-0.25, -0.2) is 4.79 Å². The Morgan fingerprint density at radius 2 is 1.84 bits per heavy atom. The van der Waals surface area contributed by atoms with E-state index in [-0.39, 0.29) is 5.56 Å². The van der Waals surface area contributed by atoms with Crippen molar-refractivity contribution in [2.24, 2.45) is 4.99 Å². The van der Waals surface area contributed by atoms with Crippen molar-refractivity contribution < 1.29 is 9.90 Å². The molecule has 1 N–H and O–H groups in total. The van der Waals surface area contributed by atoms with Crippen molar-refractivity contribution in [3.8, 4) is 0 Å². The molecule has 3 rings (SSSR count). The molecule has 2 aromatic carbocycles. The van der Waals surface area contributed by atoms with Crippen LogP contribution in [0.3, 0.4) is 0 Å². The lowest BCUT2D eigenvalue weighted by Crippen LogP contribution is -2.13. The fourth-order valence-electron chi connectivity index (χ4n) is 2.56. The molecule has 1 aliphatic heterocycles. The Morgan fingerprint density at radius 1 is 1.08 bits per heavy atom. The van der Waals surface area contributed by atoms with Crippen LogP contribution in [-0.2, 0) is 0 Å². The highest BCUT2D eigenvalue weighted by Crippen LogP contribution is 2.31. The topological polar surface area (TPSA) is 52.9 Å². The maximum Gasteiger partial charge on any atom is 0.335 e. The van der Waals surface area contributed by atoms with Crippen LogP contribution in [-0.4, -0.2) is 24.3 Å². The first-order valence-corrected chi connectivity index (χ1v) is 7.90. The summed E-state index contributed by atoms with van der Waals surface area (Å²) in [7, 11) is 2.03. The van der Waals surface area contributed by atoms with E-state index in [2.05, 4.69) is 28.1 Å². The molecule has 0 unspecified atom stereocenters. The fourth-order valence-corrected chi connectivity index (χ4v) is 2.56. The summed E-state index contributed by atoms with van der Waals surface area (Å²) in [5.74, 6) is -0.937. The third-order valence-corrected chi connectivity index (χ3v) is 3.88. The van der Waals surface area contributed by atoms with Gasteiger partial charge >= 0.3 is 5.97 Å². The van der Waals surface area contributed by atoms with Crippen LogP contribution in [0.2, 0.25) is 0 Å². The normalized spacial score (nSPS) is 15.2. The molecule has 0 bridgehead atoms. The van der Waals surface area contributed by atoms with E-state index in [1.165, 1.54) is 11.3 Å². The third-order valence-electron chi connectivity index (χ3n) is 3.88. The van der Waals surface area contributed by atoms with Crippen molar-refractivity contribution in [2.45, 2.75) is 0 Å². The predicted octanol–water partition coefficient (Wildman–Crippen LogP) is 4.69. The summed E-state index contributed by atoms with van der Waals surface area (Å²) in [6.07, 6.45) is 11.7. The zero-order valence-electron chi connectivity index (χ0n) is 13.8. The van der Waals surface area contributed by atoms with E-state index in [9.17, 15) is 4.79 Å². The van der Waals surface area contributed by atoms with Gasteiger partial charge in [-0.2, -0.15) is 0 Å². The van der Waals surface area contributed by atoms with Crippen molar-refractivity contribution in [2.75, 3.05) is 11.9 Å². The van der Waals surface area contributed by atoms with Crippen LogP contribution >= 0.6 is 0 Å². The monoisotopic (exact) mass is 330 g/mol. The molecule has 0 atom stereocenters. The highest BCUT2D eigenvalue weighted by Gasteiger charge is 2.11. The molecule has 1 heterocycles. The number of para-hydroxylation sites is 1. The van der Waals surface area contributed by atoms with Crippen LogP contribution in [0, 0.1) is 0 Å². The molecule has 0 amide bonds. The Kier molecular flexibility index (Phi) is 4.90. The Balaban J connectivity index is 1.69. The van der Waals surface area contributed by atoms with Gasteiger partial charge in [-0.1, -0.05) is 30.4 Å². The summed E-state index contributed by atoms with van der Waals surface area (Å²) >= 11 is 0. The lowest BCUT2D eigenvalue weighted by atomic mass is 10.00. The number of rotatable bonds is 4. The molecule has 0 aromatic heterocycles.